The van der Waals surface area contributed by atoms with E-state index in [0.29, 0.717) is 5.69 Å². The number of primary amides is 1. The Kier molecular flexibility index (Phi) is 3.82. The minimum Gasteiger partial charge on any atom is -0.352 e. The summed E-state index contributed by atoms with van der Waals surface area (Å²) < 4.78 is 12.9. The summed E-state index contributed by atoms with van der Waals surface area (Å²) in [7, 11) is 0. The first kappa shape index (κ1) is 12.0. The van der Waals surface area contributed by atoms with Gasteiger partial charge in [0.05, 0.1) is 6.54 Å². The highest BCUT2D eigenvalue weighted by atomic mass is 19.1. The minimum absolute atomic E-state index is 0.245. The smallest absolute Gasteiger partial charge is 0.312 e. The first-order chi connectivity index (χ1) is 7.49. The first-order valence-corrected chi connectivity index (χ1v) is 4.58. The average Bonchev–Trinajstić information content (AvgIpc) is 2.20. The zero-order valence-corrected chi connectivity index (χ0v) is 8.71. The van der Waals surface area contributed by atoms with E-state index >= 15 is 0 Å². The van der Waals surface area contributed by atoms with Gasteiger partial charge in [0, 0.05) is 5.69 Å². The number of anilines is 1. The molecule has 0 radical (unpaired) electrons. The van der Waals surface area contributed by atoms with Crippen LogP contribution >= 0.6 is 0 Å². The lowest BCUT2D eigenvalue weighted by Crippen LogP contribution is -2.36. The Hall–Kier alpha value is -2.11. The third-order valence-corrected chi connectivity index (χ3v) is 1.90. The van der Waals surface area contributed by atoms with Crippen LogP contribution in [0.25, 0.3) is 0 Å². The van der Waals surface area contributed by atoms with Crippen LogP contribution in [0.5, 0.6) is 0 Å². The van der Waals surface area contributed by atoms with E-state index in [9.17, 15) is 14.0 Å². The van der Waals surface area contributed by atoms with E-state index < -0.39 is 17.8 Å². The van der Waals surface area contributed by atoms with E-state index in [1.165, 1.54) is 12.1 Å². The number of hydrogen-bond acceptors (Lipinski definition) is 2. The number of aryl methyl sites for hydroxylation is 1. The summed E-state index contributed by atoms with van der Waals surface area (Å²) in [6.45, 7) is 1.49. The summed E-state index contributed by atoms with van der Waals surface area (Å²) >= 11 is 0. The van der Waals surface area contributed by atoms with E-state index in [-0.39, 0.29) is 6.54 Å². The molecule has 0 atom stereocenters. The monoisotopic (exact) mass is 225 g/mol. The van der Waals surface area contributed by atoms with Crippen molar-refractivity contribution in [3.63, 3.8) is 0 Å². The maximum atomic E-state index is 12.9. The lowest BCUT2D eigenvalue weighted by atomic mass is 10.2. The predicted octanol–water partition coefficient (Wildman–Crippen LogP) is 0.741. The fourth-order valence-electron chi connectivity index (χ4n) is 1.09. The van der Waals surface area contributed by atoms with Gasteiger partial charge < -0.3 is 16.4 Å². The van der Waals surface area contributed by atoms with Crippen LogP contribution in [0.3, 0.4) is 0 Å². The van der Waals surface area contributed by atoms with Crippen LogP contribution in [-0.2, 0) is 4.79 Å². The van der Waals surface area contributed by atoms with E-state index in [2.05, 4.69) is 10.6 Å². The van der Waals surface area contributed by atoms with Gasteiger partial charge in [0.15, 0.2) is 0 Å². The molecule has 1 rings (SSSR count). The van der Waals surface area contributed by atoms with Crippen molar-refractivity contribution in [2.45, 2.75) is 6.92 Å². The Morgan fingerprint density at radius 2 is 2.12 bits per heavy atom. The van der Waals surface area contributed by atoms with Crippen molar-refractivity contribution >= 4 is 17.6 Å². The molecule has 6 heteroatoms. The molecule has 0 heterocycles. The van der Waals surface area contributed by atoms with Gasteiger partial charge in [0.1, 0.15) is 5.82 Å². The van der Waals surface area contributed by atoms with Crippen LogP contribution in [0.15, 0.2) is 18.2 Å². The molecule has 0 aliphatic rings. The molecule has 3 amide bonds. The molecule has 1 aromatic rings. The molecule has 5 nitrogen and oxygen atoms in total. The lowest BCUT2D eigenvalue weighted by molar-refractivity contribution is -0.115. The zero-order valence-electron chi connectivity index (χ0n) is 8.71. The second-order valence-corrected chi connectivity index (χ2v) is 3.23. The van der Waals surface area contributed by atoms with Gasteiger partial charge in [0.25, 0.3) is 0 Å². The number of rotatable bonds is 3. The van der Waals surface area contributed by atoms with Crippen molar-refractivity contribution in [3.05, 3.63) is 29.6 Å². The zero-order chi connectivity index (χ0) is 12.1. The van der Waals surface area contributed by atoms with Gasteiger partial charge in [-0.3, -0.25) is 4.79 Å². The van der Waals surface area contributed by atoms with Crippen molar-refractivity contribution < 1.29 is 14.0 Å². The van der Waals surface area contributed by atoms with Gasteiger partial charge >= 0.3 is 6.03 Å². The summed E-state index contributed by atoms with van der Waals surface area (Å²) in [5.41, 5.74) is 5.90. The van der Waals surface area contributed by atoms with Gasteiger partial charge in [0.2, 0.25) is 5.91 Å². The number of halogens is 1. The molecule has 86 valence electrons. The van der Waals surface area contributed by atoms with Crippen LogP contribution < -0.4 is 16.4 Å². The number of urea groups is 1. The molecule has 16 heavy (non-hydrogen) atoms. The highest BCUT2D eigenvalue weighted by Gasteiger charge is 2.06. The van der Waals surface area contributed by atoms with Gasteiger partial charge in [-0.05, 0) is 24.6 Å². The second-order valence-electron chi connectivity index (χ2n) is 3.23. The molecule has 1 aromatic carbocycles. The Balaban J connectivity index is 2.62. The molecule has 0 saturated carbocycles. The second kappa shape index (κ2) is 5.11. The standard InChI is InChI=1S/C10H12FN3O2/c1-6-2-3-7(11)4-8(6)14-9(15)5-13-10(12)16/h2-4H,5H2,1H3,(H,14,15)(H3,12,13,16). The molecule has 0 spiro atoms. The molecule has 4 N–H and O–H groups in total. The number of hydrogen-bond donors (Lipinski definition) is 3. The molecular formula is C10H12FN3O2. The topological polar surface area (TPSA) is 84.2 Å². The maximum Gasteiger partial charge on any atom is 0.312 e. The van der Waals surface area contributed by atoms with Crippen molar-refractivity contribution in [2.75, 3.05) is 11.9 Å². The molecule has 0 fully saturated rings. The van der Waals surface area contributed by atoms with Crippen LogP contribution in [0, 0.1) is 12.7 Å². The summed E-state index contributed by atoms with van der Waals surface area (Å²) in [4.78, 5) is 21.6. The van der Waals surface area contributed by atoms with Crippen LogP contribution in [0.2, 0.25) is 0 Å². The molecule has 0 aromatic heterocycles. The number of nitrogens with one attached hydrogen (secondary N) is 2. The van der Waals surface area contributed by atoms with Gasteiger partial charge in [-0.2, -0.15) is 0 Å². The Morgan fingerprint density at radius 3 is 2.75 bits per heavy atom. The van der Waals surface area contributed by atoms with E-state index in [0.717, 1.165) is 5.56 Å². The SMILES string of the molecule is Cc1ccc(F)cc1NC(=O)CNC(N)=O. The van der Waals surface area contributed by atoms with Gasteiger partial charge in [-0.25, -0.2) is 9.18 Å². The van der Waals surface area contributed by atoms with E-state index in [4.69, 9.17) is 5.73 Å². The summed E-state index contributed by atoms with van der Waals surface area (Å²) in [5.74, 6) is -0.906. The number of carbonyl (C=O) groups excluding carboxylic acids is 2. The maximum absolute atomic E-state index is 12.9. The minimum atomic E-state index is -0.786. The molecule has 0 bridgehead atoms. The highest BCUT2D eigenvalue weighted by molar-refractivity contribution is 5.94. The fourth-order valence-corrected chi connectivity index (χ4v) is 1.09. The Bertz CT molecular complexity index is 421. The number of benzene rings is 1. The average molecular weight is 225 g/mol. The highest BCUT2D eigenvalue weighted by Crippen LogP contribution is 2.15. The van der Waals surface area contributed by atoms with E-state index in [1.807, 2.05) is 0 Å². The number of carbonyl (C=O) groups is 2. The largest absolute Gasteiger partial charge is 0.352 e. The number of amides is 3. The Labute approximate surface area is 91.8 Å². The number of nitrogens with two attached hydrogens (primary N) is 1. The molecular weight excluding hydrogens is 213 g/mol. The van der Waals surface area contributed by atoms with Crippen molar-refractivity contribution in [3.8, 4) is 0 Å². The fraction of sp³-hybridized carbons (Fsp3) is 0.200. The summed E-state index contributed by atoms with van der Waals surface area (Å²) in [5, 5.41) is 4.59. The third kappa shape index (κ3) is 3.56. The third-order valence-electron chi connectivity index (χ3n) is 1.90. The van der Waals surface area contributed by atoms with Crippen LogP contribution in [0.4, 0.5) is 14.9 Å². The summed E-state index contributed by atoms with van der Waals surface area (Å²) in [6, 6.07) is 3.27. The normalized spacial score (nSPS) is 9.62. The molecule has 0 aliphatic heterocycles. The van der Waals surface area contributed by atoms with Crippen molar-refractivity contribution in [1.82, 2.24) is 5.32 Å². The van der Waals surface area contributed by atoms with Crippen LogP contribution in [-0.4, -0.2) is 18.5 Å². The quantitative estimate of drug-likeness (QED) is 0.708. The predicted molar refractivity (Wildman–Crippen MR) is 57.4 cm³/mol. The lowest BCUT2D eigenvalue weighted by Gasteiger charge is -2.08. The Morgan fingerprint density at radius 1 is 1.44 bits per heavy atom. The van der Waals surface area contributed by atoms with Crippen molar-refractivity contribution in [2.24, 2.45) is 5.73 Å². The first-order valence-electron chi connectivity index (χ1n) is 4.58. The van der Waals surface area contributed by atoms with Gasteiger partial charge in [-0.1, -0.05) is 6.07 Å². The molecule has 0 saturated heterocycles. The van der Waals surface area contributed by atoms with Gasteiger partial charge in [-0.15, -0.1) is 0 Å². The summed E-state index contributed by atoms with van der Waals surface area (Å²) in [6.07, 6.45) is 0. The molecule has 0 aliphatic carbocycles. The van der Waals surface area contributed by atoms with E-state index in [1.54, 1.807) is 13.0 Å². The molecule has 0 unspecified atom stereocenters. The van der Waals surface area contributed by atoms with Crippen molar-refractivity contribution in [1.29, 1.82) is 0 Å². The van der Waals surface area contributed by atoms with Crippen LogP contribution in [0.1, 0.15) is 5.56 Å².